The molecule has 0 amide bonds. The summed E-state index contributed by atoms with van der Waals surface area (Å²) in [4.78, 5) is 14.2. The van der Waals surface area contributed by atoms with Crippen molar-refractivity contribution in [3.8, 4) is 0 Å². The Morgan fingerprint density at radius 2 is 1.87 bits per heavy atom. The lowest BCUT2D eigenvalue weighted by molar-refractivity contribution is -0.111. The Hall–Kier alpha value is -2.55. The van der Waals surface area contributed by atoms with E-state index in [2.05, 4.69) is 50.1 Å². The first kappa shape index (κ1) is 15.3. The smallest absolute Gasteiger partial charge is 0.186 e. The van der Waals surface area contributed by atoms with Gasteiger partial charge in [-0.1, -0.05) is 32.0 Å². The van der Waals surface area contributed by atoms with Gasteiger partial charge < -0.3 is 9.64 Å². The molecule has 3 heteroatoms. The summed E-state index contributed by atoms with van der Waals surface area (Å²) < 4.78 is 5.20. The first-order chi connectivity index (χ1) is 10.9. The fourth-order valence-electron chi connectivity index (χ4n) is 3.25. The van der Waals surface area contributed by atoms with Crippen LogP contribution < -0.4 is 4.90 Å². The molecule has 0 spiro atoms. The summed E-state index contributed by atoms with van der Waals surface area (Å²) in [6.45, 7) is 4.41. The van der Waals surface area contributed by atoms with E-state index in [0.717, 1.165) is 0 Å². The van der Waals surface area contributed by atoms with E-state index in [4.69, 9.17) is 4.74 Å². The molecular formula is C20H21NO2. The summed E-state index contributed by atoms with van der Waals surface area (Å²) in [5.41, 5.74) is 4.22. The normalized spacial score (nSPS) is 22.5. The van der Waals surface area contributed by atoms with Gasteiger partial charge in [0, 0.05) is 29.4 Å². The van der Waals surface area contributed by atoms with Crippen LogP contribution in [0.3, 0.4) is 0 Å². The van der Waals surface area contributed by atoms with E-state index in [9.17, 15) is 4.79 Å². The molecule has 0 N–H and O–H groups in total. The second kappa shape index (κ2) is 5.58. The zero-order chi connectivity index (χ0) is 16.6. The number of para-hydroxylation sites is 1. The average Bonchev–Trinajstić information content (AvgIpc) is 2.74. The molecule has 1 heterocycles. The maximum absolute atomic E-state index is 12.0. The lowest BCUT2D eigenvalue weighted by Crippen LogP contribution is -2.22. The lowest BCUT2D eigenvalue weighted by Gasteiger charge is -2.23. The number of likely N-dealkylation sites (N-methyl/N-ethyl adjacent to an activating group) is 1. The number of hydrogen-bond acceptors (Lipinski definition) is 3. The van der Waals surface area contributed by atoms with Crippen molar-refractivity contribution in [1.82, 2.24) is 0 Å². The molecule has 1 aliphatic heterocycles. The highest BCUT2D eigenvalue weighted by Crippen LogP contribution is 2.46. The summed E-state index contributed by atoms with van der Waals surface area (Å²) in [6.07, 6.45) is 8.92. The number of benzene rings is 1. The summed E-state index contributed by atoms with van der Waals surface area (Å²) >= 11 is 0. The van der Waals surface area contributed by atoms with Gasteiger partial charge in [0.1, 0.15) is 5.76 Å². The minimum absolute atomic E-state index is 0.00128. The molecule has 0 atom stereocenters. The van der Waals surface area contributed by atoms with E-state index in [-0.39, 0.29) is 11.2 Å². The largest absolute Gasteiger partial charge is 0.497 e. The number of carbonyl (C=O) groups excluding carboxylic acids is 1. The number of rotatable bonds is 2. The third-order valence-corrected chi connectivity index (χ3v) is 4.58. The van der Waals surface area contributed by atoms with E-state index < -0.39 is 0 Å². The van der Waals surface area contributed by atoms with Gasteiger partial charge in [-0.05, 0) is 42.0 Å². The summed E-state index contributed by atoms with van der Waals surface area (Å²) in [5.74, 6) is 0.690. The maximum atomic E-state index is 12.0. The van der Waals surface area contributed by atoms with Gasteiger partial charge in [0.15, 0.2) is 5.78 Å². The lowest BCUT2D eigenvalue weighted by atomic mass is 9.83. The van der Waals surface area contributed by atoms with Crippen LogP contribution in [0.1, 0.15) is 19.4 Å². The molecule has 2 aliphatic rings. The van der Waals surface area contributed by atoms with E-state index >= 15 is 0 Å². The van der Waals surface area contributed by atoms with Crippen LogP contribution >= 0.6 is 0 Å². The number of carbonyl (C=O) groups is 1. The summed E-state index contributed by atoms with van der Waals surface area (Å²) in [6, 6.07) is 8.41. The van der Waals surface area contributed by atoms with Crippen molar-refractivity contribution in [3.05, 3.63) is 77.2 Å². The standard InChI is InChI=1S/C20H21NO2/c1-20(2)16-7-5-6-8-17(16)21(3)19(20)12-9-14-13-15(23-4)10-11-18(14)22/h5-13H,1-4H3/b14-9-,19-12+. The molecule has 1 aliphatic carbocycles. The molecule has 0 aromatic heterocycles. The van der Waals surface area contributed by atoms with Crippen LogP contribution in [0.15, 0.2) is 71.7 Å². The molecule has 3 nitrogen and oxygen atoms in total. The number of nitrogens with zero attached hydrogens (tertiary/aromatic N) is 1. The van der Waals surface area contributed by atoms with E-state index in [1.807, 2.05) is 12.2 Å². The van der Waals surface area contributed by atoms with Crippen LogP contribution in [0.2, 0.25) is 0 Å². The summed E-state index contributed by atoms with van der Waals surface area (Å²) in [7, 11) is 3.67. The van der Waals surface area contributed by atoms with E-state index in [0.29, 0.717) is 11.3 Å². The van der Waals surface area contributed by atoms with Crippen molar-refractivity contribution in [2.75, 3.05) is 19.1 Å². The van der Waals surface area contributed by atoms with Gasteiger partial charge in [0.2, 0.25) is 0 Å². The highest BCUT2D eigenvalue weighted by atomic mass is 16.5. The Morgan fingerprint density at radius 3 is 2.57 bits per heavy atom. The number of ether oxygens (including phenoxy) is 1. The molecule has 0 unspecified atom stereocenters. The second-order valence-electron chi connectivity index (χ2n) is 6.32. The Kier molecular flexibility index (Phi) is 3.72. The molecule has 23 heavy (non-hydrogen) atoms. The number of allylic oxidation sites excluding steroid dienone is 7. The zero-order valence-electron chi connectivity index (χ0n) is 14.0. The predicted molar refractivity (Wildman–Crippen MR) is 93.3 cm³/mol. The van der Waals surface area contributed by atoms with Crippen LogP contribution in [0.25, 0.3) is 0 Å². The third kappa shape index (κ3) is 2.52. The van der Waals surface area contributed by atoms with Crippen LogP contribution in [0, 0.1) is 0 Å². The minimum atomic E-state index is -0.0935. The zero-order valence-corrected chi connectivity index (χ0v) is 14.0. The summed E-state index contributed by atoms with van der Waals surface area (Å²) in [5, 5.41) is 0. The molecule has 0 radical (unpaired) electrons. The fraction of sp³-hybridized carbons (Fsp3) is 0.250. The molecule has 0 saturated heterocycles. The molecule has 0 fully saturated rings. The average molecular weight is 307 g/mol. The number of fused-ring (bicyclic) bond motifs is 1. The highest BCUT2D eigenvalue weighted by Gasteiger charge is 2.37. The van der Waals surface area contributed by atoms with Crippen molar-refractivity contribution in [1.29, 1.82) is 0 Å². The van der Waals surface area contributed by atoms with E-state index in [1.54, 1.807) is 25.3 Å². The molecule has 0 bridgehead atoms. The molecule has 1 aromatic rings. The first-order valence-electron chi connectivity index (χ1n) is 7.69. The van der Waals surface area contributed by atoms with Gasteiger partial charge in [0.25, 0.3) is 0 Å². The molecule has 3 rings (SSSR count). The number of hydrogen-bond donors (Lipinski definition) is 0. The number of ketones is 1. The van der Waals surface area contributed by atoms with Gasteiger partial charge in [-0.3, -0.25) is 4.79 Å². The molecule has 0 saturated carbocycles. The third-order valence-electron chi connectivity index (χ3n) is 4.58. The SMILES string of the molecule is COC1=C/C(=C/C=C2/N(C)c3ccccc3C2(C)C)C(=O)C=C1. The maximum Gasteiger partial charge on any atom is 0.186 e. The van der Waals surface area contributed by atoms with Crippen LogP contribution in [0.4, 0.5) is 5.69 Å². The van der Waals surface area contributed by atoms with Gasteiger partial charge >= 0.3 is 0 Å². The van der Waals surface area contributed by atoms with Crippen LogP contribution in [-0.4, -0.2) is 19.9 Å². The molecule has 1 aromatic carbocycles. The van der Waals surface area contributed by atoms with Crippen LogP contribution in [0.5, 0.6) is 0 Å². The topological polar surface area (TPSA) is 29.5 Å². The van der Waals surface area contributed by atoms with Gasteiger partial charge in [0.05, 0.1) is 7.11 Å². The number of anilines is 1. The van der Waals surface area contributed by atoms with Gasteiger partial charge in [-0.25, -0.2) is 0 Å². The first-order valence-corrected chi connectivity index (χ1v) is 7.69. The van der Waals surface area contributed by atoms with Crippen LogP contribution in [-0.2, 0) is 14.9 Å². The Labute approximate surface area is 137 Å². The predicted octanol–water partition coefficient (Wildman–Crippen LogP) is 3.89. The van der Waals surface area contributed by atoms with Crippen molar-refractivity contribution in [3.63, 3.8) is 0 Å². The number of methoxy groups -OCH3 is 1. The monoisotopic (exact) mass is 307 g/mol. The van der Waals surface area contributed by atoms with Gasteiger partial charge in [-0.2, -0.15) is 0 Å². The van der Waals surface area contributed by atoms with Crippen molar-refractivity contribution in [2.24, 2.45) is 0 Å². The van der Waals surface area contributed by atoms with Gasteiger partial charge in [-0.15, -0.1) is 0 Å². The van der Waals surface area contributed by atoms with Crippen molar-refractivity contribution < 1.29 is 9.53 Å². The molecular weight excluding hydrogens is 286 g/mol. The minimum Gasteiger partial charge on any atom is -0.497 e. The molecule has 118 valence electrons. The van der Waals surface area contributed by atoms with Crippen molar-refractivity contribution >= 4 is 11.5 Å². The Morgan fingerprint density at radius 1 is 1.13 bits per heavy atom. The fourth-order valence-corrected chi connectivity index (χ4v) is 3.25. The van der Waals surface area contributed by atoms with Crippen molar-refractivity contribution in [2.45, 2.75) is 19.3 Å². The Balaban J connectivity index is 2.01. The van der Waals surface area contributed by atoms with E-state index in [1.165, 1.54) is 16.9 Å². The second-order valence-corrected chi connectivity index (χ2v) is 6.32. The highest BCUT2D eigenvalue weighted by molar-refractivity contribution is 6.07. The Bertz CT molecular complexity index is 779. The quantitative estimate of drug-likeness (QED) is 0.776.